The molecule has 1 N–H and O–H groups in total. The van der Waals surface area contributed by atoms with Gasteiger partial charge in [-0.3, -0.25) is 4.72 Å². The highest BCUT2D eigenvalue weighted by atomic mass is 79.9. The Kier molecular flexibility index (Phi) is 5.64. The Balaban J connectivity index is 1.96. The zero-order valence-corrected chi connectivity index (χ0v) is 16.7. The van der Waals surface area contributed by atoms with E-state index in [4.69, 9.17) is 0 Å². The third kappa shape index (κ3) is 4.97. The molecule has 0 bridgehead atoms. The molecule has 0 amide bonds. The summed E-state index contributed by atoms with van der Waals surface area (Å²) in [6, 6.07) is 17.6. The van der Waals surface area contributed by atoms with Crippen LogP contribution in [0.15, 0.2) is 76.1 Å². The van der Waals surface area contributed by atoms with Crippen LogP contribution in [0, 0.1) is 24.6 Å². The van der Waals surface area contributed by atoms with Crippen LogP contribution in [0.4, 0.5) is 10.1 Å². The van der Waals surface area contributed by atoms with E-state index < -0.39 is 15.8 Å². The van der Waals surface area contributed by atoms with Gasteiger partial charge in [0, 0.05) is 10.0 Å². The number of hydrogen-bond donors (Lipinski definition) is 1. The van der Waals surface area contributed by atoms with Crippen molar-refractivity contribution in [2.45, 2.75) is 11.8 Å². The topological polar surface area (TPSA) is 46.2 Å². The highest BCUT2D eigenvalue weighted by molar-refractivity contribution is 9.10. The van der Waals surface area contributed by atoms with Gasteiger partial charge in [-0.2, -0.15) is 0 Å². The van der Waals surface area contributed by atoms with Crippen molar-refractivity contribution in [3.63, 3.8) is 0 Å². The molecule has 0 saturated heterocycles. The van der Waals surface area contributed by atoms with E-state index in [1.54, 1.807) is 12.1 Å². The first-order valence-corrected chi connectivity index (χ1v) is 10.3. The lowest BCUT2D eigenvalue weighted by atomic mass is 10.1. The van der Waals surface area contributed by atoms with Gasteiger partial charge in [0.25, 0.3) is 10.0 Å². The first-order chi connectivity index (χ1) is 12.8. The Labute approximate surface area is 166 Å². The van der Waals surface area contributed by atoms with Gasteiger partial charge >= 0.3 is 0 Å². The Morgan fingerprint density at radius 2 is 1.70 bits per heavy atom. The van der Waals surface area contributed by atoms with Crippen LogP contribution in [0.25, 0.3) is 0 Å². The molecule has 0 fully saturated rings. The standard InChI is InChI=1S/C21H15BrFNO2S/c1-15-5-10-20(11-6-15)27(25,26)24-21-12-9-19(23)14-17(21)8-7-16-3-2-4-18(22)13-16/h2-6,9-14,24H,1H3. The zero-order valence-electron chi connectivity index (χ0n) is 14.3. The predicted octanol–water partition coefficient (Wildman–Crippen LogP) is 5.10. The molecular weight excluding hydrogens is 429 g/mol. The summed E-state index contributed by atoms with van der Waals surface area (Å²) in [7, 11) is -3.80. The second kappa shape index (κ2) is 7.95. The predicted molar refractivity (Wildman–Crippen MR) is 109 cm³/mol. The third-order valence-electron chi connectivity index (χ3n) is 3.72. The van der Waals surface area contributed by atoms with E-state index in [-0.39, 0.29) is 16.1 Å². The number of anilines is 1. The largest absolute Gasteiger partial charge is 0.278 e. The van der Waals surface area contributed by atoms with E-state index in [2.05, 4.69) is 32.5 Å². The Morgan fingerprint density at radius 3 is 2.41 bits per heavy atom. The first-order valence-electron chi connectivity index (χ1n) is 8.00. The SMILES string of the molecule is Cc1ccc(S(=O)(=O)Nc2ccc(F)cc2C#Cc2cccc(Br)c2)cc1. The minimum atomic E-state index is -3.80. The Morgan fingerprint density at radius 1 is 0.963 bits per heavy atom. The van der Waals surface area contributed by atoms with Crippen LogP contribution in [0.1, 0.15) is 16.7 Å². The third-order valence-corrected chi connectivity index (χ3v) is 5.60. The molecular formula is C21H15BrFNO2S. The van der Waals surface area contributed by atoms with Gasteiger partial charge in [-0.1, -0.05) is 51.5 Å². The maximum absolute atomic E-state index is 13.7. The molecule has 136 valence electrons. The minimum Gasteiger partial charge on any atom is -0.278 e. The number of sulfonamides is 1. The summed E-state index contributed by atoms with van der Waals surface area (Å²) >= 11 is 3.37. The molecule has 27 heavy (non-hydrogen) atoms. The molecule has 0 aromatic heterocycles. The number of halogens is 2. The fourth-order valence-electron chi connectivity index (χ4n) is 2.34. The molecule has 3 aromatic rings. The highest BCUT2D eigenvalue weighted by Gasteiger charge is 2.15. The molecule has 3 aromatic carbocycles. The molecule has 0 atom stereocenters. The molecule has 0 radical (unpaired) electrons. The van der Waals surface area contributed by atoms with Crippen molar-refractivity contribution >= 4 is 31.6 Å². The van der Waals surface area contributed by atoms with E-state index >= 15 is 0 Å². The van der Waals surface area contributed by atoms with Crippen LogP contribution in [0.2, 0.25) is 0 Å². The van der Waals surface area contributed by atoms with Crippen molar-refractivity contribution in [1.29, 1.82) is 0 Å². The van der Waals surface area contributed by atoms with Gasteiger partial charge in [0.2, 0.25) is 0 Å². The number of benzene rings is 3. The second-order valence-corrected chi connectivity index (χ2v) is 8.47. The Bertz CT molecular complexity index is 1150. The van der Waals surface area contributed by atoms with Crippen molar-refractivity contribution in [1.82, 2.24) is 0 Å². The maximum atomic E-state index is 13.7. The number of aryl methyl sites for hydroxylation is 1. The minimum absolute atomic E-state index is 0.128. The molecule has 3 rings (SSSR count). The van der Waals surface area contributed by atoms with E-state index in [1.807, 2.05) is 31.2 Å². The zero-order chi connectivity index (χ0) is 19.4. The van der Waals surface area contributed by atoms with E-state index in [9.17, 15) is 12.8 Å². The lowest BCUT2D eigenvalue weighted by Crippen LogP contribution is -2.14. The van der Waals surface area contributed by atoms with Gasteiger partial charge in [-0.25, -0.2) is 12.8 Å². The van der Waals surface area contributed by atoms with Crippen molar-refractivity contribution in [2.75, 3.05) is 4.72 Å². The van der Waals surface area contributed by atoms with E-state index in [0.717, 1.165) is 15.6 Å². The van der Waals surface area contributed by atoms with Crippen molar-refractivity contribution < 1.29 is 12.8 Å². The van der Waals surface area contributed by atoms with E-state index in [1.165, 1.54) is 30.3 Å². The molecule has 0 aliphatic rings. The van der Waals surface area contributed by atoms with Crippen molar-refractivity contribution in [3.05, 3.63) is 93.7 Å². The van der Waals surface area contributed by atoms with Crippen LogP contribution in [-0.4, -0.2) is 8.42 Å². The van der Waals surface area contributed by atoms with E-state index in [0.29, 0.717) is 0 Å². The fourth-order valence-corrected chi connectivity index (χ4v) is 3.81. The smallest absolute Gasteiger partial charge is 0.261 e. The average molecular weight is 444 g/mol. The summed E-state index contributed by atoms with van der Waals surface area (Å²) in [6.45, 7) is 1.87. The normalized spacial score (nSPS) is 10.8. The molecule has 0 aliphatic carbocycles. The van der Waals surface area contributed by atoms with Crippen LogP contribution in [-0.2, 0) is 10.0 Å². The molecule has 6 heteroatoms. The summed E-state index contributed by atoms with van der Waals surface area (Å²) in [4.78, 5) is 0.128. The van der Waals surface area contributed by atoms with Gasteiger partial charge in [0.15, 0.2) is 0 Å². The van der Waals surface area contributed by atoms with Crippen LogP contribution < -0.4 is 4.72 Å². The lowest BCUT2D eigenvalue weighted by Gasteiger charge is -2.10. The Hall–Kier alpha value is -2.62. The highest BCUT2D eigenvalue weighted by Crippen LogP contribution is 2.21. The first kappa shape index (κ1) is 19.2. The quantitative estimate of drug-likeness (QED) is 0.572. The maximum Gasteiger partial charge on any atom is 0.261 e. The number of hydrogen-bond acceptors (Lipinski definition) is 2. The van der Waals surface area contributed by atoms with Crippen molar-refractivity contribution in [2.24, 2.45) is 0 Å². The van der Waals surface area contributed by atoms with Gasteiger partial charge in [-0.05, 0) is 55.5 Å². The molecule has 0 spiro atoms. The summed E-state index contributed by atoms with van der Waals surface area (Å²) in [6.07, 6.45) is 0. The lowest BCUT2D eigenvalue weighted by molar-refractivity contribution is 0.601. The summed E-state index contributed by atoms with van der Waals surface area (Å²) in [5.74, 6) is 5.27. The summed E-state index contributed by atoms with van der Waals surface area (Å²) < 4.78 is 42.3. The average Bonchev–Trinajstić information content (AvgIpc) is 2.62. The molecule has 0 unspecified atom stereocenters. The van der Waals surface area contributed by atoms with Crippen LogP contribution in [0.3, 0.4) is 0 Å². The monoisotopic (exact) mass is 443 g/mol. The molecule has 0 aliphatic heterocycles. The summed E-state index contributed by atoms with van der Waals surface area (Å²) in [5.41, 5.74) is 2.16. The van der Waals surface area contributed by atoms with Crippen LogP contribution in [0.5, 0.6) is 0 Å². The number of rotatable bonds is 3. The van der Waals surface area contributed by atoms with Crippen LogP contribution >= 0.6 is 15.9 Å². The van der Waals surface area contributed by atoms with Gasteiger partial charge in [0.05, 0.1) is 16.1 Å². The second-order valence-electron chi connectivity index (χ2n) is 5.87. The number of nitrogens with one attached hydrogen (secondary N) is 1. The fraction of sp³-hybridized carbons (Fsp3) is 0.0476. The van der Waals surface area contributed by atoms with Crippen molar-refractivity contribution in [3.8, 4) is 11.8 Å². The summed E-state index contributed by atoms with van der Waals surface area (Å²) in [5, 5.41) is 0. The molecule has 0 saturated carbocycles. The van der Waals surface area contributed by atoms with Gasteiger partial charge in [0.1, 0.15) is 5.82 Å². The van der Waals surface area contributed by atoms with Gasteiger partial charge < -0.3 is 0 Å². The molecule has 0 heterocycles. The molecule has 3 nitrogen and oxygen atoms in total. The van der Waals surface area contributed by atoms with Gasteiger partial charge in [-0.15, -0.1) is 0 Å².